The number of amides is 2. The van der Waals surface area contributed by atoms with E-state index in [0.29, 0.717) is 0 Å². The van der Waals surface area contributed by atoms with Crippen LogP contribution in [0.4, 0.5) is 0 Å². The van der Waals surface area contributed by atoms with Crippen LogP contribution in [0, 0.1) is 0 Å². The van der Waals surface area contributed by atoms with E-state index in [0.717, 1.165) is 0 Å². The van der Waals surface area contributed by atoms with Gasteiger partial charge in [0.15, 0.2) is 0 Å². The fourth-order valence-electron chi connectivity index (χ4n) is 0.546. The summed E-state index contributed by atoms with van der Waals surface area (Å²) in [5, 5.41) is 0. The standard InChI is InChI=1S/C6H12N2O3/c1-3(2)11-4(5(7)9)6(8)10/h3-4H,1-2H3,(H2,7,9)(H2,8,10). The molecule has 2 amide bonds. The first kappa shape index (κ1) is 9.90. The van der Waals surface area contributed by atoms with Crippen LogP contribution in [-0.4, -0.2) is 24.0 Å². The van der Waals surface area contributed by atoms with Crippen molar-refractivity contribution in [3.63, 3.8) is 0 Å². The van der Waals surface area contributed by atoms with Crippen molar-refractivity contribution in [2.45, 2.75) is 26.1 Å². The molecule has 0 aliphatic carbocycles. The number of hydrogen-bond acceptors (Lipinski definition) is 3. The molecule has 0 radical (unpaired) electrons. The average molecular weight is 160 g/mol. The lowest BCUT2D eigenvalue weighted by atomic mass is 10.3. The van der Waals surface area contributed by atoms with Crippen molar-refractivity contribution in [2.75, 3.05) is 0 Å². The fourth-order valence-corrected chi connectivity index (χ4v) is 0.546. The number of hydrogen-bond donors (Lipinski definition) is 2. The van der Waals surface area contributed by atoms with Crippen LogP contribution < -0.4 is 11.5 Å². The van der Waals surface area contributed by atoms with Gasteiger partial charge in [0.2, 0.25) is 6.10 Å². The molecule has 0 bridgehead atoms. The molecule has 0 heterocycles. The molecule has 0 aromatic rings. The van der Waals surface area contributed by atoms with Gasteiger partial charge in [0.05, 0.1) is 6.10 Å². The molecule has 0 spiro atoms. The highest BCUT2D eigenvalue weighted by atomic mass is 16.5. The number of carbonyl (C=O) groups excluding carboxylic acids is 2. The monoisotopic (exact) mass is 160 g/mol. The number of nitrogens with two attached hydrogens (primary N) is 2. The average Bonchev–Trinajstić information content (AvgIpc) is 1.81. The van der Waals surface area contributed by atoms with Crippen molar-refractivity contribution in [3.05, 3.63) is 0 Å². The minimum atomic E-state index is -1.31. The van der Waals surface area contributed by atoms with Crippen LogP contribution in [0.2, 0.25) is 0 Å². The normalized spacial score (nSPS) is 10.5. The van der Waals surface area contributed by atoms with E-state index in [1.165, 1.54) is 0 Å². The summed E-state index contributed by atoms with van der Waals surface area (Å²) in [4.78, 5) is 20.9. The van der Waals surface area contributed by atoms with Crippen LogP contribution in [0.5, 0.6) is 0 Å². The predicted octanol–water partition coefficient (Wildman–Crippen LogP) is -1.25. The fraction of sp³-hybridized carbons (Fsp3) is 0.667. The molecule has 0 atom stereocenters. The zero-order chi connectivity index (χ0) is 9.02. The Morgan fingerprint density at radius 2 is 1.55 bits per heavy atom. The Hall–Kier alpha value is -1.10. The van der Waals surface area contributed by atoms with E-state index in [2.05, 4.69) is 0 Å². The molecule has 0 unspecified atom stereocenters. The molecule has 0 saturated carbocycles. The number of primary amides is 2. The second-order valence-electron chi connectivity index (χ2n) is 2.37. The Balaban J connectivity index is 4.12. The van der Waals surface area contributed by atoms with Crippen LogP contribution in [0.3, 0.4) is 0 Å². The molecule has 0 saturated heterocycles. The maximum Gasteiger partial charge on any atom is 0.256 e. The third kappa shape index (κ3) is 3.57. The molecule has 0 aromatic heterocycles. The van der Waals surface area contributed by atoms with Crippen molar-refractivity contribution in [2.24, 2.45) is 11.5 Å². The highest BCUT2D eigenvalue weighted by Gasteiger charge is 2.23. The molecule has 4 N–H and O–H groups in total. The van der Waals surface area contributed by atoms with Gasteiger partial charge >= 0.3 is 0 Å². The van der Waals surface area contributed by atoms with Crippen LogP contribution >= 0.6 is 0 Å². The van der Waals surface area contributed by atoms with Gasteiger partial charge in [0.25, 0.3) is 11.8 Å². The van der Waals surface area contributed by atoms with Crippen LogP contribution in [0.1, 0.15) is 13.8 Å². The van der Waals surface area contributed by atoms with Crippen molar-refractivity contribution in [1.29, 1.82) is 0 Å². The van der Waals surface area contributed by atoms with E-state index in [1.807, 2.05) is 0 Å². The van der Waals surface area contributed by atoms with E-state index < -0.39 is 17.9 Å². The number of ether oxygens (including phenoxy) is 1. The third-order valence-electron chi connectivity index (χ3n) is 0.925. The maximum atomic E-state index is 10.5. The second kappa shape index (κ2) is 3.92. The van der Waals surface area contributed by atoms with Crippen LogP contribution in [-0.2, 0) is 14.3 Å². The molecule has 0 aromatic carbocycles. The topological polar surface area (TPSA) is 95.4 Å². The summed E-state index contributed by atoms with van der Waals surface area (Å²) in [6.45, 7) is 3.36. The van der Waals surface area contributed by atoms with Gasteiger partial charge in [0.1, 0.15) is 0 Å². The van der Waals surface area contributed by atoms with Gasteiger partial charge in [0, 0.05) is 0 Å². The summed E-state index contributed by atoms with van der Waals surface area (Å²) < 4.78 is 4.82. The second-order valence-corrected chi connectivity index (χ2v) is 2.37. The van der Waals surface area contributed by atoms with E-state index in [4.69, 9.17) is 16.2 Å². The van der Waals surface area contributed by atoms with Crippen LogP contribution in [0.25, 0.3) is 0 Å². The molecule has 5 nitrogen and oxygen atoms in total. The Morgan fingerprint density at radius 1 is 1.18 bits per heavy atom. The van der Waals surface area contributed by atoms with Crippen molar-refractivity contribution in [1.82, 2.24) is 0 Å². The lowest BCUT2D eigenvalue weighted by Gasteiger charge is -2.13. The smallest absolute Gasteiger partial charge is 0.256 e. The molecule has 11 heavy (non-hydrogen) atoms. The maximum absolute atomic E-state index is 10.5. The van der Waals surface area contributed by atoms with Crippen molar-refractivity contribution >= 4 is 11.8 Å². The lowest BCUT2D eigenvalue weighted by molar-refractivity contribution is -0.144. The molecular formula is C6H12N2O3. The summed E-state index contributed by atoms with van der Waals surface area (Å²) >= 11 is 0. The Labute approximate surface area is 64.7 Å². The predicted molar refractivity (Wildman–Crippen MR) is 38.4 cm³/mol. The van der Waals surface area contributed by atoms with Gasteiger partial charge in [-0.2, -0.15) is 0 Å². The third-order valence-corrected chi connectivity index (χ3v) is 0.925. The SMILES string of the molecule is CC(C)OC(C(N)=O)C(N)=O. The summed E-state index contributed by atoms with van der Waals surface area (Å²) in [5.41, 5.74) is 9.64. The quantitative estimate of drug-likeness (QED) is 0.503. The Kier molecular flexibility index (Phi) is 3.53. The Morgan fingerprint density at radius 3 is 1.64 bits per heavy atom. The van der Waals surface area contributed by atoms with E-state index in [9.17, 15) is 9.59 Å². The lowest BCUT2D eigenvalue weighted by Crippen LogP contribution is -2.43. The van der Waals surface area contributed by atoms with Gasteiger partial charge in [-0.05, 0) is 13.8 Å². The number of rotatable bonds is 4. The van der Waals surface area contributed by atoms with Gasteiger partial charge in [-0.25, -0.2) is 0 Å². The van der Waals surface area contributed by atoms with Gasteiger partial charge in [-0.3, -0.25) is 9.59 Å². The van der Waals surface area contributed by atoms with Gasteiger partial charge in [-0.15, -0.1) is 0 Å². The van der Waals surface area contributed by atoms with Gasteiger partial charge in [-0.1, -0.05) is 0 Å². The van der Waals surface area contributed by atoms with E-state index >= 15 is 0 Å². The molecule has 64 valence electrons. The molecule has 5 heteroatoms. The minimum absolute atomic E-state index is 0.250. The Bertz CT molecular complexity index is 153. The molecular weight excluding hydrogens is 148 g/mol. The largest absolute Gasteiger partial charge is 0.367 e. The van der Waals surface area contributed by atoms with Crippen LogP contribution in [0.15, 0.2) is 0 Å². The van der Waals surface area contributed by atoms with Gasteiger partial charge < -0.3 is 16.2 Å². The molecule has 0 aliphatic heterocycles. The van der Waals surface area contributed by atoms with E-state index in [-0.39, 0.29) is 6.10 Å². The first-order valence-corrected chi connectivity index (χ1v) is 3.19. The molecule has 0 aliphatic rings. The first-order valence-electron chi connectivity index (χ1n) is 3.19. The molecule has 0 rings (SSSR count). The zero-order valence-electron chi connectivity index (χ0n) is 6.53. The summed E-state index contributed by atoms with van der Waals surface area (Å²) in [6.07, 6.45) is -1.56. The first-order chi connectivity index (χ1) is 4.95. The summed E-state index contributed by atoms with van der Waals surface area (Å²) in [5.74, 6) is -1.71. The molecule has 0 fully saturated rings. The van der Waals surface area contributed by atoms with E-state index in [1.54, 1.807) is 13.8 Å². The highest BCUT2D eigenvalue weighted by Crippen LogP contribution is 1.95. The van der Waals surface area contributed by atoms with Crippen molar-refractivity contribution < 1.29 is 14.3 Å². The summed E-state index contributed by atoms with van der Waals surface area (Å²) in [7, 11) is 0. The van der Waals surface area contributed by atoms with Crippen molar-refractivity contribution in [3.8, 4) is 0 Å². The zero-order valence-corrected chi connectivity index (χ0v) is 6.53. The number of carbonyl (C=O) groups is 2. The highest BCUT2D eigenvalue weighted by molar-refractivity contribution is 6.01. The minimum Gasteiger partial charge on any atom is -0.367 e. The summed E-state index contributed by atoms with van der Waals surface area (Å²) in [6, 6.07) is 0.